The molecule has 0 aliphatic carbocycles. The Balaban J connectivity index is 1.58. The number of ether oxygens (including phenoxy) is 1. The molecule has 2 aromatic rings. The highest BCUT2D eigenvalue weighted by Gasteiger charge is 2.55. The van der Waals surface area contributed by atoms with Crippen molar-refractivity contribution in [2.75, 3.05) is 19.7 Å². The number of benzene rings is 1. The zero-order valence-corrected chi connectivity index (χ0v) is 13.6. The van der Waals surface area contributed by atoms with E-state index in [9.17, 15) is 9.59 Å². The van der Waals surface area contributed by atoms with Crippen LogP contribution in [0.3, 0.4) is 0 Å². The molecule has 1 aromatic carbocycles. The predicted octanol–water partition coefficient (Wildman–Crippen LogP) is 0.579. The molecule has 0 saturated carbocycles. The molecule has 2 amide bonds. The highest BCUT2D eigenvalue weighted by molar-refractivity contribution is 5.90. The first-order valence-electron chi connectivity index (χ1n) is 8.23. The molecule has 0 radical (unpaired) electrons. The minimum absolute atomic E-state index is 0.147. The monoisotopic (exact) mass is 341 g/mol. The van der Waals surface area contributed by atoms with Crippen LogP contribution in [0.5, 0.6) is 0 Å². The van der Waals surface area contributed by atoms with E-state index in [0.717, 1.165) is 5.56 Å². The fraction of sp³-hybridized carbons (Fsp3) is 0.333. The van der Waals surface area contributed by atoms with Crippen LogP contribution in [-0.4, -0.2) is 42.5 Å². The molecule has 25 heavy (non-hydrogen) atoms. The summed E-state index contributed by atoms with van der Waals surface area (Å²) in [5.74, 6) is 0.267. The van der Waals surface area contributed by atoms with Crippen molar-refractivity contribution in [2.45, 2.75) is 18.3 Å². The summed E-state index contributed by atoms with van der Waals surface area (Å²) in [5.41, 5.74) is -0.0830. The highest BCUT2D eigenvalue weighted by Crippen LogP contribution is 2.38. The molecule has 130 valence electrons. The number of amides is 2. The van der Waals surface area contributed by atoms with Gasteiger partial charge in [0.2, 0.25) is 11.8 Å². The average molecular weight is 341 g/mol. The Kier molecular flexibility index (Phi) is 4.03. The highest BCUT2D eigenvalue weighted by atomic mass is 16.5. The summed E-state index contributed by atoms with van der Waals surface area (Å²) < 4.78 is 11.3. The molecule has 4 rings (SSSR count). The van der Waals surface area contributed by atoms with Crippen LogP contribution in [0.15, 0.2) is 53.1 Å². The Bertz CT molecular complexity index is 762. The zero-order chi connectivity index (χ0) is 17.3. The van der Waals surface area contributed by atoms with E-state index < -0.39 is 11.8 Å². The molecule has 0 spiro atoms. The number of hydrogen-bond donors (Lipinski definition) is 2. The van der Waals surface area contributed by atoms with Crippen LogP contribution in [0, 0.1) is 0 Å². The van der Waals surface area contributed by atoms with Gasteiger partial charge >= 0.3 is 0 Å². The van der Waals surface area contributed by atoms with Gasteiger partial charge in [-0.25, -0.2) is 0 Å². The van der Waals surface area contributed by atoms with Gasteiger partial charge in [0, 0.05) is 12.1 Å². The molecular formula is C18H19N3O4. The SMILES string of the molecule is O=C(NCc1ccco1)[C@@H]1CO[C@@]2(c3ccccc3)CNCC(=O)N12. The number of hydrogen-bond acceptors (Lipinski definition) is 5. The Morgan fingerprint density at radius 3 is 2.88 bits per heavy atom. The molecule has 7 heteroatoms. The molecule has 0 unspecified atom stereocenters. The Labute approximate surface area is 144 Å². The quantitative estimate of drug-likeness (QED) is 0.850. The van der Waals surface area contributed by atoms with Gasteiger partial charge in [0.25, 0.3) is 0 Å². The van der Waals surface area contributed by atoms with Crippen LogP contribution >= 0.6 is 0 Å². The van der Waals surface area contributed by atoms with Crippen LogP contribution in [-0.2, 0) is 26.6 Å². The molecule has 0 bridgehead atoms. The van der Waals surface area contributed by atoms with Crippen LogP contribution < -0.4 is 10.6 Å². The molecule has 1 aromatic heterocycles. The second-order valence-corrected chi connectivity index (χ2v) is 6.14. The van der Waals surface area contributed by atoms with Gasteiger partial charge in [0.05, 0.1) is 26.0 Å². The standard InChI is InChI=1S/C18H19N3O4/c22-16-10-19-12-18(13-5-2-1-3-6-13)21(16)15(11-25-18)17(23)20-9-14-7-4-8-24-14/h1-8,15,19H,9-12H2,(H,20,23)/t15-,18+/m0/s1. The molecule has 2 fully saturated rings. The fourth-order valence-corrected chi connectivity index (χ4v) is 3.47. The number of carbonyl (C=O) groups excluding carboxylic acids is 2. The number of nitrogens with zero attached hydrogens (tertiary/aromatic N) is 1. The van der Waals surface area contributed by atoms with E-state index in [1.54, 1.807) is 23.3 Å². The lowest BCUT2D eigenvalue weighted by Gasteiger charge is -2.42. The number of furan rings is 1. The van der Waals surface area contributed by atoms with E-state index in [0.29, 0.717) is 12.3 Å². The van der Waals surface area contributed by atoms with Crippen LogP contribution in [0.25, 0.3) is 0 Å². The maximum absolute atomic E-state index is 12.7. The van der Waals surface area contributed by atoms with E-state index in [4.69, 9.17) is 9.15 Å². The van der Waals surface area contributed by atoms with Crippen molar-refractivity contribution in [3.8, 4) is 0 Å². The normalized spacial score (nSPS) is 25.7. The van der Waals surface area contributed by atoms with Crippen LogP contribution in [0.2, 0.25) is 0 Å². The van der Waals surface area contributed by atoms with E-state index >= 15 is 0 Å². The van der Waals surface area contributed by atoms with E-state index in [1.807, 2.05) is 30.3 Å². The molecule has 2 aliphatic heterocycles. The second kappa shape index (κ2) is 6.34. The van der Waals surface area contributed by atoms with E-state index in [-0.39, 0.29) is 31.5 Å². The summed E-state index contributed by atoms with van der Waals surface area (Å²) in [7, 11) is 0. The summed E-state index contributed by atoms with van der Waals surface area (Å²) in [4.78, 5) is 26.8. The molecule has 2 N–H and O–H groups in total. The number of fused-ring (bicyclic) bond motifs is 1. The summed E-state index contributed by atoms with van der Waals surface area (Å²) in [6, 6.07) is 12.4. The van der Waals surface area contributed by atoms with Crippen molar-refractivity contribution in [3.63, 3.8) is 0 Å². The number of piperazine rings is 1. The zero-order valence-electron chi connectivity index (χ0n) is 13.6. The molecular weight excluding hydrogens is 322 g/mol. The fourth-order valence-electron chi connectivity index (χ4n) is 3.47. The minimum atomic E-state index is -0.941. The van der Waals surface area contributed by atoms with Crippen molar-refractivity contribution in [2.24, 2.45) is 0 Å². The van der Waals surface area contributed by atoms with Crippen molar-refractivity contribution in [1.82, 2.24) is 15.5 Å². The number of carbonyl (C=O) groups is 2. The van der Waals surface area contributed by atoms with Gasteiger partial charge < -0.3 is 19.8 Å². The van der Waals surface area contributed by atoms with Crippen molar-refractivity contribution >= 4 is 11.8 Å². The summed E-state index contributed by atoms with van der Waals surface area (Å²) in [5, 5.41) is 5.92. The van der Waals surface area contributed by atoms with Crippen molar-refractivity contribution < 1.29 is 18.7 Å². The number of rotatable bonds is 4. The van der Waals surface area contributed by atoms with Crippen molar-refractivity contribution in [3.05, 3.63) is 60.1 Å². The molecule has 2 aliphatic rings. The largest absolute Gasteiger partial charge is 0.467 e. The predicted molar refractivity (Wildman–Crippen MR) is 88.1 cm³/mol. The lowest BCUT2D eigenvalue weighted by Crippen LogP contribution is -2.63. The molecule has 2 atom stereocenters. The Morgan fingerprint density at radius 2 is 2.12 bits per heavy atom. The minimum Gasteiger partial charge on any atom is -0.467 e. The number of nitrogens with one attached hydrogen (secondary N) is 2. The van der Waals surface area contributed by atoms with Gasteiger partial charge in [-0.2, -0.15) is 0 Å². The van der Waals surface area contributed by atoms with Gasteiger partial charge in [-0.05, 0) is 12.1 Å². The topological polar surface area (TPSA) is 83.8 Å². The first-order chi connectivity index (χ1) is 12.2. The summed E-state index contributed by atoms with van der Waals surface area (Å²) >= 11 is 0. The second-order valence-electron chi connectivity index (χ2n) is 6.14. The van der Waals surface area contributed by atoms with Crippen LogP contribution in [0.1, 0.15) is 11.3 Å². The third-order valence-corrected chi connectivity index (χ3v) is 4.63. The van der Waals surface area contributed by atoms with Crippen molar-refractivity contribution in [1.29, 1.82) is 0 Å². The lowest BCUT2D eigenvalue weighted by atomic mass is 9.98. The third-order valence-electron chi connectivity index (χ3n) is 4.63. The van der Waals surface area contributed by atoms with E-state index in [1.165, 1.54) is 0 Å². The molecule has 3 heterocycles. The smallest absolute Gasteiger partial charge is 0.245 e. The summed E-state index contributed by atoms with van der Waals surface area (Å²) in [6.45, 7) is 1.08. The first kappa shape index (κ1) is 15.9. The maximum Gasteiger partial charge on any atom is 0.245 e. The van der Waals surface area contributed by atoms with Gasteiger partial charge in [0.15, 0.2) is 5.72 Å². The lowest BCUT2D eigenvalue weighted by molar-refractivity contribution is -0.161. The molecule has 2 saturated heterocycles. The van der Waals surface area contributed by atoms with Gasteiger partial charge in [-0.15, -0.1) is 0 Å². The Hall–Kier alpha value is -2.64. The average Bonchev–Trinajstić information content (AvgIpc) is 3.29. The van der Waals surface area contributed by atoms with Gasteiger partial charge in [0.1, 0.15) is 11.8 Å². The van der Waals surface area contributed by atoms with Crippen LogP contribution in [0.4, 0.5) is 0 Å². The summed E-state index contributed by atoms with van der Waals surface area (Å²) in [6.07, 6.45) is 1.56. The van der Waals surface area contributed by atoms with E-state index in [2.05, 4.69) is 10.6 Å². The van der Waals surface area contributed by atoms with Gasteiger partial charge in [-0.3, -0.25) is 14.5 Å². The maximum atomic E-state index is 12.7. The first-order valence-corrected chi connectivity index (χ1v) is 8.23. The Morgan fingerprint density at radius 1 is 1.28 bits per heavy atom. The van der Waals surface area contributed by atoms with Gasteiger partial charge in [-0.1, -0.05) is 30.3 Å². The third kappa shape index (κ3) is 2.71. The molecule has 7 nitrogen and oxygen atoms in total.